The minimum atomic E-state index is -0.485. The van der Waals surface area contributed by atoms with Crippen LogP contribution >= 0.6 is 0 Å². The average molecular weight is 375 g/mol. The molecule has 0 aliphatic rings. The lowest BCUT2D eigenvalue weighted by Gasteiger charge is -2.09. The third-order valence-corrected chi connectivity index (χ3v) is 4.11. The van der Waals surface area contributed by atoms with Crippen LogP contribution in [-0.2, 0) is 0 Å². The molecule has 0 aromatic heterocycles. The topological polar surface area (TPSA) is 101 Å². The molecule has 2 N–H and O–H groups in total. The zero-order valence-electron chi connectivity index (χ0n) is 15.0. The number of carbonyl (C=O) groups excluding carboxylic acids is 2. The van der Waals surface area contributed by atoms with Crippen LogP contribution in [0.25, 0.3) is 0 Å². The summed E-state index contributed by atoms with van der Waals surface area (Å²) in [6, 6.07) is 19.5. The van der Waals surface area contributed by atoms with E-state index in [1.165, 1.54) is 18.2 Å². The van der Waals surface area contributed by atoms with Crippen molar-refractivity contribution < 1.29 is 14.5 Å². The second-order valence-corrected chi connectivity index (χ2v) is 6.11. The molecule has 140 valence electrons. The first kappa shape index (κ1) is 18.8. The minimum absolute atomic E-state index is 0.0333. The lowest BCUT2D eigenvalue weighted by atomic mass is 10.1. The fourth-order valence-electron chi connectivity index (χ4n) is 2.59. The largest absolute Gasteiger partial charge is 0.322 e. The van der Waals surface area contributed by atoms with Gasteiger partial charge in [-0.3, -0.25) is 19.7 Å². The number of nitrogens with one attached hydrogen (secondary N) is 2. The number of hydrogen-bond acceptors (Lipinski definition) is 4. The number of anilines is 2. The zero-order valence-corrected chi connectivity index (χ0v) is 15.0. The molecule has 0 fully saturated rings. The molecule has 0 saturated carbocycles. The van der Waals surface area contributed by atoms with E-state index in [4.69, 9.17) is 0 Å². The molecule has 0 unspecified atom stereocenters. The molecule has 0 saturated heterocycles. The number of hydrogen-bond donors (Lipinski definition) is 2. The first-order valence-electron chi connectivity index (χ1n) is 8.47. The van der Waals surface area contributed by atoms with Crippen LogP contribution in [0.3, 0.4) is 0 Å². The van der Waals surface area contributed by atoms with Gasteiger partial charge < -0.3 is 10.6 Å². The third kappa shape index (κ3) is 4.39. The molecular weight excluding hydrogens is 358 g/mol. The summed E-state index contributed by atoms with van der Waals surface area (Å²) in [4.78, 5) is 34.9. The lowest BCUT2D eigenvalue weighted by molar-refractivity contribution is -0.384. The molecule has 7 heteroatoms. The van der Waals surface area contributed by atoms with Gasteiger partial charge in [0.05, 0.1) is 4.92 Å². The maximum atomic E-state index is 12.4. The van der Waals surface area contributed by atoms with Crippen molar-refractivity contribution in [1.29, 1.82) is 0 Å². The van der Waals surface area contributed by atoms with E-state index in [0.717, 1.165) is 0 Å². The Bertz CT molecular complexity index is 1030. The number of carbonyl (C=O) groups is 2. The highest BCUT2D eigenvalue weighted by Crippen LogP contribution is 2.22. The highest BCUT2D eigenvalue weighted by Gasteiger charge is 2.12. The molecule has 0 aliphatic carbocycles. The Hall–Kier alpha value is -4.00. The number of nitro groups is 1. The Balaban J connectivity index is 1.67. The lowest BCUT2D eigenvalue weighted by Crippen LogP contribution is -2.14. The van der Waals surface area contributed by atoms with Crippen molar-refractivity contribution in [2.45, 2.75) is 6.92 Å². The molecule has 0 spiro atoms. The highest BCUT2D eigenvalue weighted by atomic mass is 16.6. The van der Waals surface area contributed by atoms with Crippen LogP contribution in [0.15, 0.2) is 72.8 Å². The molecule has 0 radical (unpaired) electrons. The quantitative estimate of drug-likeness (QED) is 0.509. The second-order valence-electron chi connectivity index (χ2n) is 6.11. The van der Waals surface area contributed by atoms with Gasteiger partial charge >= 0.3 is 0 Å². The summed E-state index contributed by atoms with van der Waals surface area (Å²) >= 11 is 0. The Morgan fingerprint density at radius 1 is 0.821 bits per heavy atom. The van der Waals surface area contributed by atoms with E-state index < -0.39 is 4.92 Å². The molecule has 28 heavy (non-hydrogen) atoms. The van der Waals surface area contributed by atoms with Crippen LogP contribution in [0.5, 0.6) is 0 Å². The van der Waals surface area contributed by atoms with Crippen molar-refractivity contribution in [2.24, 2.45) is 0 Å². The van der Waals surface area contributed by atoms with E-state index in [-0.39, 0.29) is 17.5 Å². The normalized spacial score (nSPS) is 10.2. The van der Waals surface area contributed by atoms with Gasteiger partial charge in [0.15, 0.2) is 0 Å². The fourth-order valence-corrected chi connectivity index (χ4v) is 2.59. The van der Waals surface area contributed by atoms with Crippen molar-refractivity contribution in [2.75, 3.05) is 10.6 Å². The van der Waals surface area contributed by atoms with Gasteiger partial charge in [-0.2, -0.15) is 0 Å². The van der Waals surface area contributed by atoms with E-state index in [1.807, 2.05) is 6.07 Å². The maximum Gasteiger partial charge on any atom is 0.269 e. The van der Waals surface area contributed by atoms with Gasteiger partial charge in [-0.15, -0.1) is 0 Å². The summed E-state index contributed by atoms with van der Waals surface area (Å²) in [6.07, 6.45) is 0. The molecule has 3 rings (SSSR count). The fraction of sp³-hybridized carbons (Fsp3) is 0.0476. The second kappa shape index (κ2) is 8.13. The predicted octanol–water partition coefficient (Wildman–Crippen LogP) is 4.41. The van der Waals surface area contributed by atoms with E-state index in [0.29, 0.717) is 28.1 Å². The first-order valence-corrected chi connectivity index (χ1v) is 8.47. The van der Waals surface area contributed by atoms with Gasteiger partial charge in [0, 0.05) is 34.6 Å². The molecule has 3 aromatic carbocycles. The van der Waals surface area contributed by atoms with Gasteiger partial charge in [0.25, 0.3) is 17.5 Å². The SMILES string of the molecule is Cc1cc([N+](=O)[O-])ccc1NC(=O)c1ccc(NC(=O)c2ccccc2)cc1. The van der Waals surface area contributed by atoms with Crippen LogP contribution in [-0.4, -0.2) is 16.7 Å². The molecule has 0 bridgehead atoms. The molecule has 0 atom stereocenters. The number of benzene rings is 3. The van der Waals surface area contributed by atoms with Gasteiger partial charge in [-0.25, -0.2) is 0 Å². The van der Waals surface area contributed by atoms with Gasteiger partial charge in [0.1, 0.15) is 0 Å². The highest BCUT2D eigenvalue weighted by molar-refractivity contribution is 6.06. The Kier molecular flexibility index (Phi) is 5.45. The molecule has 3 aromatic rings. The predicted molar refractivity (Wildman–Crippen MR) is 107 cm³/mol. The Labute approximate surface area is 161 Å². The van der Waals surface area contributed by atoms with Gasteiger partial charge in [0.2, 0.25) is 0 Å². The summed E-state index contributed by atoms with van der Waals surface area (Å²) in [6.45, 7) is 1.69. The van der Waals surface area contributed by atoms with Crippen molar-refractivity contribution in [3.8, 4) is 0 Å². The number of aryl methyl sites for hydroxylation is 1. The minimum Gasteiger partial charge on any atom is -0.322 e. The molecule has 0 heterocycles. The molecule has 2 amide bonds. The third-order valence-electron chi connectivity index (χ3n) is 4.11. The first-order chi connectivity index (χ1) is 13.4. The summed E-state index contributed by atoms with van der Waals surface area (Å²) in [5, 5.41) is 16.3. The maximum absolute atomic E-state index is 12.4. The Morgan fingerprint density at radius 2 is 1.43 bits per heavy atom. The summed E-state index contributed by atoms with van der Waals surface area (Å²) < 4.78 is 0. The zero-order chi connectivity index (χ0) is 20.1. The van der Waals surface area contributed by atoms with Crippen LogP contribution in [0.1, 0.15) is 26.3 Å². The number of nitrogens with zero attached hydrogens (tertiary/aromatic N) is 1. The van der Waals surface area contributed by atoms with Gasteiger partial charge in [-0.05, 0) is 55.0 Å². The van der Waals surface area contributed by atoms with E-state index in [9.17, 15) is 19.7 Å². The van der Waals surface area contributed by atoms with Crippen molar-refractivity contribution in [3.05, 3.63) is 99.6 Å². The average Bonchev–Trinajstić information content (AvgIpc) is 2.70. The number of nitro benzene ring substituents is 1. The molecular formula is C21H17N3O4. The summed E-state index contributed by atoms with van der Waals surface area (Å²) in [5.74, 6) is -0.586. The van der Waals surface area contributed by atoms with Crippen LogP contribution in [0.4, 0.5) is 17.1 Å². The van der Waals surface area contributed by atoms with Crippen LogP contribution in [0, 0.1) is 17.0 Å². The molecule has 7 nitrogen and oxygen atoms in total. The Morgan fingerprint density at radius 3 is 2.04 bits per heavy atom. The number of amides is 2. The van der Waals surface area contributed by atoms with Gasteiger partial charge in [-0.1, -0.05) is 18.2 Å². The van der Waals surface area contributed by atoms with Crippen molar-refractivity contribution >= 4 is 28.9 Å². The standard InChI is InChI=1S/C21H17N3O4/c1-14-13-18(24(27)28)11-12-19(14)23-21(26)16-7-9-17(10-8-16)22-20(25)15-5-3-2-4-6-15/h2-13H,1H3,(H,22,25)(H,23,26). The van der Waals surface area contributed by atoms with E-state index in [1.54, 1.807) is 55.5 Å². The summed E-state index contributed by atoms with van der Waals surface area (Å²) in [5.41, 5.74) is 2.56. The number of rotatable bonds is 5. The van der Waals surface area contributed by atoms with E-state index in [2.05, 4.69) is 10.6 Å². The van der Waals surface area contributed by atoms with Crippen molar-refractivity contribution in [3.63, 3.8) is 0 Å². The molecule has 0 aliphatic heterocycles. The van der Waals surface area contributed by atoms with Crippen LogP contribution in [0.2, 0.25) is 0 Å². The smallest absolute Gasteiger partial charge is 0.269 e. The summed E-state index contributed by atoms with van der Waals surface area (Å²) in [7, 11) is 0. The number of non-ortho nitro benzene ring substituents is 1. The van der Waals surface area contributed by atoms with Crippen molar-refractivity contribution in [1.82, 2.24) is 0 Å². The monoisotopic (exact) mass is 375 g/mol. The van der Waals surface area contributed by atoms with Crippen LogP contribution < -0.4 is 10.6 Å². The van der Waals surface area contributed by atoms with E-state index >= 15 is 0 Å².